The summed E-state index contributed by atoms with van der Waals surface area (Å²) in [4.78, 5) is 5.63. The summed E-state index contributed by atoms with van der Waals surface area (Å²) >= 11 is 0. The third-order valence-electron chi connectivity index (χ3n) is 5.00. The van der Waals surface area contributed by atoms with Crippen molar-refractivity contribution in [2.24, 2.45) is 0 Å². The second-order valence-electron chi connectivity index (χ2n) is 6.83. The number of hydrogen-bond acceptors (Lipinski definition) is 3. The number of aryl methyl sites for hydroxylation is 2. The first kappa shape index (κ1) is 15.4. The predicted molar refractivity (Wildman–Crippen MR) is 91.3 cm³/mol. The highest BCUT2D eigenvalue weighted by Crippen LogP contribution is 2.26. The van der Waals surface area contributed by atoms with Crippen LogP contribution in [0.2, 0.25) is 0 Å². The molecule has 0 saturated heterocycles. The molecule has 1 N–H and O–H groups in total. The van der Waals surface area contributed by atoms with E-state index in [1.54, 1.807) is 12.1 Å². The summed E-state index contributed by atoms with van der Waals surface area (Å²) < 4.78 is 19.0. The van der Waals surface area contributed by atoms with E-state index in [1.807, 2.05) is 6.92 Å². The normalized spacial score (nSPS) is 14.5. The topological polar surface area (TPSA) is 45.1 Å². The molecule has 0 saturated carbocycles. The molecule has 126 valence electrons. The lowest BCUT2D eigenvalue weighted by molar-refractivity contribution is 0.298. The number of nitrogens with one attached hydrogen (secondary N) is 1. The van der Waals surface area contributed by atoms with Crippen molar-refractivity contribution in [2.75, 3.05) is 7.05 Å². The first-order chi connectivity index (χ1) is 11.6. The highest BCUT2D eigenvalue weighted by molar-refractivity contribution is 5.84. The minimum Gasteiger partial charge on any atom is -0.361 e. The summed E-state index contributed by atoms with van der Waals surface area (Å²) in [7, 11) is 2.08. The van der Waals surface area contributed by atoms with Gasteiger partial charge in [-0.15, -0.1) is 0 Å². The predicted octanol–water partition coefficient (Wildman–Crippen LogP) is 4.11. The minimum absolute atomic E-state index is 0.196. The lowest BCUT2D eigenvalue weighted by Crippen LogP contribution is -2.19. The Balaban J connectivity index is 1.53. The average Bonchev–Trinajstić information content (AvgIpc) is 3.10. The van der Waals surface area contributed by atoms with Crippen molar-refractivity contribution in [3.63, 3.8) is 0 Å². The van der Waals surface area contributed by atoms with E-state index in [-0.39, 0.29) is 5.82 Å². The molecule has 0 bridgehead atoms. The van der Waals surface area contributed by atoms with Crippen LogP contribution in [0.1, 0.15) is 41.1 Å². The van der Waals surface area contributed by atoms with Crippen LogP contribution in [0, 0.1) is 12.7 Å². The molecule has 2 heterocycles. The van der Waals surface area contributed by atoms with Gasteiger partial charge in [-0.3, -0.25) is 4.90 Å². The van der Waals surface area contributed by atoms with Crippen molar-refractivity contribution in [1.29, 1.82) is 0 Å². The first-order valence-electron chi connectivity index (χ1n) is 8.53. The van der Waals surface area contributed by atoms with Crippen LogP contribution in [0.5, 0.6) is 0 Å². The van der Waals surface area contributed by atoms with Crippen LogP contribution in [-0.4, -0.2) is 22.1 Å². The second-order valence-corrected chi connectivity index (χ2v) is 6.83. The minimum atomic E-state index is -0.196. The fraction of sp³-hybridized carbons (Fsp3) is 0.421. The van der Waals surface area contributed by atoms with E-state index < -0.39 is 0 Å². The van der Waals surface area contributed by atoms with E-state index in [2.05, 4.69) is 22.1 Å². The number of aromatic nitrogens is 2. The molecule has 4 nitrogen and oxygen atoms in total. The van der Waals surface area contributed by atoms with Crippen LogP contribution in [0.3, 0.4) is 0 Å². The van der Waals surface area contributed by atoms with Crippen LogP contribution in [-0.2, 0) is 25.9 Å². The van der Waals surface area contributed by atoms with E-state index in [4.69, 9.17) is 4.52 Å². The molecule has 0 aliphatic heterocycles. The molecule has 4 rings (SSSR count). The summed E-state index contributed by atoms with van der Waals surface area (Å²) in [6.07, 6.45) is 4.51. The smallest absolute Gasteiger partial charge is 0.140 e. The molecule has 1 aliphatic carbocycles. The van der Waals surface area contributed by atoms with Gasteiger partial charge in [-0.1, -0.05) is 5.16 Å². The Labute approximate surface area is 140 Å². The number of rotatable bonds is 4. The number of nitrogens with zero attached hydrogens (tertiary/aromatic N) is 2. The Kier molecular flexibility index (Phi) is 3.88. The number of halogens is 1. The fourth-order valence-corrected chi connectivity index (χ4v) is 3.67. The van der Waals surface area contributed by atoms with Crippen molar-refractivity contribution >= 4 is 10.9 Å². The highest BCUT2D eigenvalue weighted by atomic mass is 19.1. The van der Waals surface area contributed by atoms with E-state index in [1.165, 1.54) is 24.5 Å². The Morgan fingerprint density at radius 1 is 1.25 bits per heavy atom. The van der Waals surface area contributed by atoms with Gasteiger partial charge in [-0.2, -0.15) is 0 Å². The molecule has 24 heavy (non-hydrogen) atoms. The maximum atomic E-state index is 13.5. The Hall–Kier alpha value is -2.14. The largest absolute Gasteiger partial charge is 0.361 e. The van der Waals surface area contributed by atoms with Crippen molar-refractivity contribution in [2.45, 2.75) is 45.7 Å². The van der Waals surface area contributed by atoms with E-state index in [9.17, 15) is 4.39 Å². The first-order valence-corrected chi connectivity index (χ1v) is 8.53. The lowest BCUT2D eigenvalue weighted by atomic mass is 9.96. The van der Waals surface area contributed by atoms with Crippen LogP contribution in [0.4, 0.5) is 4.39 Å². The molecule has 1 aromatic carbocycles. The summed E-state index contributed by atoms with van der Waals surface area (Å²) in [6.45, 7) is 3.57. The lowest BCUT2D eigenvalue weighted by Gasteiger charge is -2.16. The highest BCUT2D eigenvalue weighted by Gasteiger charge is 2.20. The standard InChI is InChI=1S/C19H22FN3O/c1-12-15-9-13(20)7-8-16(15)21-17(12)10-23(2)11-18-14-5-3-4-6-19(14)24-22-18/h7-9,21H,3-6,10-11H2,1-2H3. The molecule has 1 aliphatic rings. The molecule has 0 radical (unpaired) electrons. The van der Waals surface area contributed by atoms with Crippen LogP contribution in [0.15, 0.2) is 22.7 Å². The number of benzene rings is 1. The quantitative estimate of drug-likeness (QED) is 0.784. The molecule has 3 aromatic rings. The maximum Gasteiger partial charge on any atom is 0.140 e. The van der Waals surface area contributed by atoms with Crippen LogP contribution >= 0.6 is 0 Å². The fourth-order valence-electron chi connectivity index (χ4n) is 3.67. The molecule has 5 heteroatoms. The van der Waals surface area contributed by atoms with Gasteiger partial charge in [0.05, 0.1) is 0 Å². The zero-order valence-electron chi connectivity index (χ0n) is 14.2. The van der Waals surface area contributed by atoms with Gasteiger partial charge in [0.1, 0.15) is 17.3 Å². The molecular formula is C19H22FN3O. The summed E-state index contributed by atoms with van der Waals surface area (Å²) in [6, 6.07) is 4.89. The maximum absolute atomic E-state index is 13.5. The number of aromatic amines is 1. The second kappa shape index (κ2) is 6.06. The molecule has 0 unspecified atom stereocenters. The van der Waals surface area contributed by atoms with Crippen molar-refractivity contribution in [3.8, 4) is 0 Å². The zero-order chi connectivity index (χ0) is 16.7. The number of fused-ring (bicyclic) bond motifs is 2. The Morgan fingerprint density at radius 3 is 2.96 bits per heavy atom. The molecule has 0 amide bonds. The van der Waals surface area contributed by atoms with Crippen molar-refractivity contribution in [1.82, 2.24) is 15.0 Å². The SMILES string of the molecule is Cc1c(CN(C)Cc2noc3c2CCCC3)[nH]c2ccc(F)cc12. The average molecular weight is 327 g/mol. The summed E-state index contributed by atoms with van der Waals surface area (Å²) in [5.41, 5.74) is 5.58. The van der Waals surface area contributed by atoms with E-state index >= 15 is 0 Å². The van der Waals surface area contributed by atoms with E-state index in [0.29, 0.717) is 0 Å². The molecule has 2 aromatic heterocycles. The van der Waals surface area contributed by atoms with Gasteiger partial charge in [0.15, 0.2) is 0 Å². The van der Waals surface area contributed by atoms with Crippen molar-refractivity contribution in [3.05, 3.63) is 52.3 Å². The van der Waals surface area contributed by atoms with Gasteiger partial charge in [-0.25, -0.2) is 4.39 Å². The van der Waals surface area contributed by atoms with Gasteiger partial charge in [0.25, 0.3) is 0 Å². The van der Waals surface area contributed by atoms with Crippen molar-refractivity contribution < 1.29 is 8.91 Å². The van der Waals surface area contributed by atoms with Crippen LogP contribution in [0.25, 0.3) is 10.9 Å². The van der Waals surface area contributed by atoms with Crippen LogP contribution < -0.4 is 0 Å². The number of H-pyrrole nitrogens is 1. The molecule has 0 atom stereocenters. The molecule has 0 spiro atoms. The van der Waals surface area contributed by atoms with Gasteiger partial charge in [-0.05, 0) is 57.0 Å². The third kappa shape index (κ3) is 2.73. The molecular weight excluding hydrogens is 305 g/mol. The van der Waals surface area contributed by atoms with Gasteiger partial charge in [0.2, 0.25) is 0 Å². The van der Waals surface area contributed by atoms with E-state index in [0.717, 1.165) is 59.5 Å². The summed E-state index contributed by atoms with van der Waals surface area (Å²) in [5, 5.41) is 5.24. The Bertz CT molecular complexity index is 880. The Morgan fingerprint density at radius 2 is 2.08 bits per heavy atom. The van der Waals surface area contributed by atoms with Gasteiger partial charge >= 0.3 is 0 Å². The zero-order valence-corrected chi connectivity index (χ0v) is 14.2. The van der Waals surface area contributed by atoms with Gasteiger partial charge < -0.3 is 9.51 Å². The summed E-state index contributed by atoms with van der Waals surface area (Å²) in [5.74, 6) is 0.876. The molecule has 0 fully saturated rings. The van der Waals surface area contributed by atoms with Gasteiger partial charge in [0, 0.05) is 41.7 Å². The monoisotopic (exact) mass is 327 g/mol. The third-order valence-corrected chi connectivity index (χ3v) is 5.00. The number of hydrogen-bond donors (Lipinski definition) is 1.